The van der Waals surface area contributed by atoms with Crippen molar-refractivity contribution in [2.75, 3.05) is 4.90 Å². The van der Waals surface area contributed by atoms with Gasteiger partial charge in [0.05, 0.1) is 5.41 Å². The van der Waals surface area contributed by atoms with Crippen molar-refractivity contribution in [1.82, 2.24) is 0 Å². The Morgan fingerprint density at radius 3 is 1.40 bits per heavy atom. The summed E-state index contributed by atoms with van der Waals surface area (Å²) in [5.41, 5.74) is 25.5. The third-order valence-electron chi connectivity index (χ3n) is 18.2. The second-order valence-electron chi connectivity index (χ2n) is 23.7. The van der Waals surface area contributed by atoms with Gasteiger partial charge in [0.15, 0.2) is 0 Å². The van der Waals surface area contributed by atoms with E-state index in [4.69, 9.17) is 0 Å². The topological polar surface area (TPSA) is 3.24 Å². The molecule has 4 bridgehead atoms. The van der Waals surface area contributed by atoms with Crippen molar-refractivity contribution in [3.63, 3.8) is 0 Å². The zero-order chi connectivity index (χ0) is 45.9. The maximum atomic E-state index is 2.59. The molecule has 8 aromatic carbocycles. The lowest BCUT2D eigenvalue weighted by Gasteiger charge is -2.61. The van der Waals surface area contributed by atoms with Gasteiger partial charge in [-0.3, -0.25) is 0 Å². The van der Waals surface area contributed by atoms with E-state index in [1.165, 1.54) is 127 Å². The summed E-state index contributed by atoms with van der Waals surface area (Å²) in [6, 6.07) is 69.0. The van der Waals surface area contributed by atoms with E-state index < -0.39 is 5.41 Å². The van der Waals surface area contributed by atoms with Crippen LogP contribution in [-0.4, -0.2) is 0 Å². The van der Waals surface area contributed by atoms with Crippen molar-refractivity contribution >= 4 is 17.1 Å². The number of hydrogen-bond acceptors (Lipinski definition) is 1. The predicted molar refractivity (Wildman–Crippen MR) is 284 cm³/mol. The maximum absolute atomic E-state index is 2.59. The van der Waals surface area contributed by atoms with Crippen molar-refractivity contribution in [2.24, 2.45) is 23.7 Å². The molecule has 8 aromatic rings. The van der Waals surface area contributed by atoms with E-state index >= 15 is 0 Å². The van der Waals surface area contributed by atoms with Crippen LogP contribution in [0, 0.1) is 23.7 Å². The zero-order valence-corrected chi connectivity index (χ0v) is 40.5. The standard InChI is InChI=1S/C67H61N/c1-64(2,3)45-22-28-54-55-29-23-46(65(4,5)6)38-62(55)67(61(54)37-45)59-19-13-10-16-52(59)56-30-26-51(40-63(56)67)68(49-24-20-44(21-25-49)43-14-8-7-9-15-43)50-27-31-60-57(39-50)53-17-11-12-18-58(53)66(60)47-33-41-32-42(35-47)36-48(66)34-41/h7-31,37-42,47-48H,32-36H2,1-6H3. The summed E-state index contributed by atoms with van der Waals surface area (Å²) < 4.78 is 0. The first-order valence-corrected chi connectivity index (χ1v) is 25.7. The molecule has 1 nitrogen and oxygen atoms in total. The summed E-state index contributed by atoms with van der Waals surface area (Å²) in [4.78, 5) is 2.57. The van der Waals surface area contributed by atoms with Gasteiger partial charge in [0.1, 0.15) is 0 Å². The molecule has 0 aliphatic heterocycles. The first-order valence-electron chi connectivity index (χ1n) is 25.7. The van der Waals surface area contributed by atoms with Crippen LogP contribution >= 0.6 is 0 Å². The number of rotatable bonds is 4. The second-order valence-corrected chi connectivity index (χ2v) is 23.7. The van der Waals surface area contributed by atoms with E-state index in [2.05, 4.69) is 222 Å². The minimum absolute atomic E-state index is 0.00545. The van der Waals surface area contributed by atoms with E-state index in [9.17, 15) is 0 Å². The molecule has 0 heterocycles. The van der Waals surface area contributed by atoms with Crippen molar-refractivity contribution in [3.05, 3.63) is 220 Å². The highest BCUT2D eigenvalue weighted by atomic mass is 15.1. The molecule has 2 spiro atoms. The van der Waals surface area contributed by atoms with Crippen molar-refractivity contribution in [2.45, 2.75) is 95.3 Å². The average Bonchev–Trinajstić information content (AvgIpc) is 3.92. The van der Waals surface area contributed by atoms with Gasteiger partial charge in [-0.15, -0.1) is 0 Å². The third kappa shape index (κ3) is 5.45. The molecule has 4 saturated carbocycles. The van der Waals surface area contributed by atoms with E-state index in [0.717, 1.165) is 23.7 Å². The molecule has 0 N–H and O–H groups in total. The van der Waals surface area contributed by atoms with E-state index in [0.29, 0.717) is 0 Å². The van der Waals surface area contributed by atoms with Crippen LogP contribution in [0.3, 0.4) is 0 Å². The number of anilines is 3. The third-order valence-corrected chi connectivity index (χ3v) is 18.2. The summed E-state index contributed by atoms with van der Waals surface area (Å²) >= 11 is 0. The minimum Gasteiger partial charge on any atom is -0.310 e. The quantitative estimate of drug-likeness (QED) is 0.170. The molecule has 1 heteroatoms. The summed E-state index contributed by atoms with van der Waals surface area (Å²) in [5, 5.41) is 0. The average molecular weight is 880 g/mol. The molecule has 0 amide bonds. The molecule has 0 radical (unpaired) electrons. The number of benzene rings is 8. The SMILES string of the molecule is CC(C)(C)c1ccc2c(c1)C1(c3ccccc3-c3ccc(N(c4ccc(-c5ccccc5)cc4)c4ccc5c(c4)-c4ccccc4C54C5CC6CC(C5)CC4C6)cc31)c1cc(C(C)(C)C)ccc1-2. The molecule has 4 fully saturated rings. The fourth-order valence-electron chi connectivity index (χ4n) is 15.4. The normalized spacial score (nSPS) is 22.7. The monoisotopic (exact) mass is 879 g/mol. The van der Waals surface area contributed by atoms with Crippen LogP contribution in [0.25, 0.3) is 44.5 Å². The molecular weight excluding hydrogens is 819 g/mol. The maximum Gasteiger partial charge on any atom is 0.0726 e. The Morgan fingerprint density at radius 1 is 0.353 bits per heavy atom. The van der Waals surface area contributed by atoms with Crippen LogP contribution in [0.5, 0.6) is 0 Å². The van der Waals surface area contributed by atoms with Gasteiger partial charge >= 0.3 is 0 Å². The van der Waals surface area contributed by atoms with Crippen molar-refractivity contribution in [1.29, 1.82) is 0 Å². The van der Waals surface area contributed by atoms with Gasteiger partial charge in [0.2, 0.25) is 0 Å². The summed E-state index contributed by atoms with van der Waals surface area (Å²) in [6.07, 6.45) is 7.03. The first-order chi connectivity index (χ1) is 32.9. The smallest absolute Gasteiger partial charge is 0.0726 e. The molecule has 334 valence electrons. The van der Waals surface area contributed by atoms with Crippen LogP contribution in [0.2, 0.25) is 0 Å². The lowest BCUT2D eigenvalue weighted by atomic mass is 9.43. The first kappa shape index (κ1) is 40.6. The fourth-order valence-corrected chi connectivity index (χ4v) is 15.4. The molecule has 0 aromatic heterocycles. The van der Waals surface area contributed by atoms with Gasteiger partial charge in [-0.2, -0.15) is 0 Å². The largest absolute Gasteiger partial charge is 0.310 e. The summed E-state index contributed by atoms with van der Waals surface area (Å²) in [5.74, 6) is 3.30. The van der Waals surface area contributed by atoms with Crippen molar-refractivity contribution < 1.29 is 0 Å². The summed E-state index contributed by atoms with van der Waals surface area (Å²) in [7, 11) is 0. The molecule has 68 heavy (non-hydrogen) atoms. The van der Waals surface area contributed by atoms with Gasteiger partial charge in [-0.05, 0) is 192 Å². The highest BCUT2D eigenvalue weighted by Crippen LogP contribution is 2.70. The Morgan fingerprint density at radius 2 is 0.794 bits per heavy atom. The Bertz CT molecular complexity index is 3280. The van der Waals surface area contributed by atoms with Crippen LogP contribution in [0.1, 0.15) is 118 Å². The molecule has 0 saturated heterocycles. The van der Waals surface area contributed by atoms with Gasteiger partial charge in [0, 0.05) is 22.5 Å². The minimum atomic E-state index is -0.485. The highest BCUT2D eigenvalue weighted by Gasteiger charge is 2.61. The van der Waals surface area contributed by atoms with Gasteiger partial charge in [0.25, 0.3) is 0 Å². The number of fused-ring (bicyclic) bond motifs is 13. The lowest BCUT2D eigenvalue weighted by Crippen LogP contribution is -2.55. The van der Waals surface area contributed by atoms with Crippen LogP contribution < -0.4 is 4.90 Å². The molecule has 0 atom stereocenters. The van der Waals surface area contributed by atoms with E-state index in [-0.39, 0.29) is 16.2 Å². The van der Waals surface area contributed by atoms with E-state index in [1.807, 2.05) is 0 Å². The lowest BCUT2D eigenvalue weighted by molar-refractivity contribution is -0.0399. The van der Waals surface area contributed by atoms with Gasteiger partial charge in [-0.1, -0.05) is 181 Å². The van der Waals surface area contributed by atoms with Crippen LogP contribution in [0.4, 0.5) is 17.1 Å². The molecule has 15 rings (SSSR count). The fraction of sp³-hybridized carbons (Fsp3) is 0.284. The molecule has 7 aliphatic carbocycles. The number of nitrogens with zero attached hydrogens (tertiary/aromatic N) is 1. The second kappa shape index (κ2) is 14.1. The highest BCUT2D eigenvalue weighted by molar-refractivity contribution is 5.97. The van der Waals surface area contributed by atoms with Crippen LogP contribution in [0.15, 0.2) is 176 Å². The Labute approximate surface area is 403 Å². The Hall–Kier alpha value is -6.44. The van der Waals surface area contributed by atoms with Gasteiger partial charge in [-0.25, -0.2) is 0 Å². The van der Waals surface area contributed by atoms with E-state index in [1.54, 1.807) is 11.1 Å². The van der Waals surface area contributed by atoms with Crippen LogP contribution in [-0.2, 0) is 21.7 Å². The van der Waals surface area contributed by atoms with Crippen molar-refractivity contribution in [3.8, 4) is 44.5 Å². The Kier molecular flexibility index (Phi) is 8.40. The zero-order valence-electron chi connectivity index (χ0n) is 40.5. The summed E-state index contributed by atoms with van der Waals surface area (Å²) in [6.45, 7) is 14.1. The predicted octanol–water partition coefficient (Wildman–Crippen LogP) is 17.5. The molecule has 7 aliphatic rings. The van der Waals surface area contributed by atoms with Gasteiger partial charge < -0.3 is 4.90 Å². The molecule has 0 unspecified atom stereocenters. The Balaban J connectivity index is 1.01. The molecular formula is C67H61N. The number of hydrogen-bond donors (Lipinski definition) is 0.